The number of carbonyl (C=O) groups excluding carboxylic acids is 2. The zero-order chi connectivity index (χ0) is 38.9. The fourth-order valence-electron chi connectivity index (χ4n) is 6.47. The van der Waals surface area contributed by atoms with Gasteiger partial charge in [-0.1, -0.05) is 43.0 Å². The van der Waals surface area contributed by atoms with Crippen LogP contribution in [0.2, 0.25) is 0 Å². The van der Waals surface area contributed by atoms with Gasteiger partial charge >= 0.3 is 11.9 Å². The maximum atomic E-state index is 12.8. The van der Waals surface area contributed by atoms with E-state index in [2.05, 4.69) is 64.6 Å². The van der Waals surface area contributed by atoms with E-state index < -0.39 is 11.9 Å². The fourth-order valence-corrected chi connectivity index (χ4v) is 6.47. The van der Waals surface area contributed by atoms with E-state index in [1.807, 2.05) is 48.5 Å². The van der Waals surface area contributed by atoms with E-state index >= 15 is 0 Å². The molecule has 1 aliphatic rings. The summed E-state index contributed by atoms with van der Waals surface area (Å²) in [4.78, 5) is 23.9. The molecule has 1 aliphatic heterocycles. The fraction of sp³-hybridized carbons (Fsp3) is 0.200. The van der Waals surface area contributed by atoms with Gasteiger partial charge in [0.1, 0.15) is 17.2 Å². The number of anilines is 2. The second kappa shape index (κ2) is 17.1. The summed E-state index contributed by atoms with van der Waals surface area (Å²) in [6.07, 6.45) is 4.73. The number of fused-ring (bicyclic) bond motifs is 1. The maximum Gasteiger partial charge on any atom is 0.343 e. The SMILES string of the molecule is C=CC(=O)OCCCCCCOc1ccc(C(=O)Oc2ccc(/N=N/c3ccc(/N=N/c4ccc5c6c(cccc46)NC(C)(C)N5)c4ccccc34)cc2)cc1. The molecule has 0 fully saturated rings. The molecule has 7 rings (SSSR count). The molecule has 0 unspecified atom stereocenters. The summed E-state index contributed by atoms with van der Waals surface area (Å²) in [7, 11) is 0. The third kappa shape index (κ3) is 9.07. The van der Waals surface area contributed by atoms with Gasteiger partial charge in [0.25, 0.3) is 0 Å². The lowest BCUT2D eigenvalue weighted by atomic mass is 10.00. The first-order chi connectivity index (χ1) is 27.3. The number of ether oxygens (including phenoxy) is 3. The van der Waals surface area contributed by atoms with Gasteiger partial charge in [-0.3, -0.25) is 0 Å². The van der Waals surface area contributed by atoms with Crippen molar-refractivity contribution < 1.29 is 23.8 Å². The van der Waals surface area contributed by atoms with Crippen molar-refractivity contribution in [2.75, 3.05) is 23.8 Å². The summed E-state index contributed by atoms with van der Waals surface area (Å²) < 4.78 is 16.4. The van der Waals surface area contributed by atoms with Crippen LogP contribution < -0.4 is 20.1 Å². The van der Waals surface area contributed by atoms with Crippen molar-refractivity contribution in [2.24, 2.45) is 20.5 Å². The molecule has 1 heterocycles. The van der Waals surface area contributed by atoms with Crippen molar-refractivity contribution in [1.29, 1.82) is 0 Å². The van der Waals surface area contributed by atoms with Crippen LogP contribution in [0, 0.1) is 0 Å². The van der Waals surface area contributed by atoms with Gasteiger partial charge in [-0.05, 0) is 118 Å². The quantitative estimate of drug-likeness (QED) is 0.0351. The molecule has 0 bridgehead atoms. The third-order valence-corrected chi connectivity index (χ3v) is 9.18. The van der Waals surface area contributed by atoms with Crippen molar-refractivity contribution in [3.8, 4) is 11.5 Å². The summed E-state index contributed by atoms with van der Waals surface area (Å²) in [5.74, 6) is 0.188. The van der Waals surface area contributed by atoms with Gasteiger partial charge in [0.05, 0.1) is 41.5 Å². The van der Waals surface area contributed by atoms with Crippen LogP contribution >= 0.6 is 0 Å². The number of nitrogens with one attached hydrogen (secondary N) is 2. The monoisotopic (exact) mass is 746 g/mol. The maximum absolute atomic E-state index is 12.8. The first-order valence-electron chi connectivity index (χ1n) is 18.6. The number of benzene rings is 6. The largest absolute Gasteiger partial charge is 0.494 e. The average molecular weight is 747 g/mol. The first kappa shape index (κ1) is 37.4. The number of hydrogen-bond donors (Lipinski definition) is 2. The van der Waals surface area contributed by atoms with Gasteiger partial charge in [-0.2, -0.15) is 5.11 Å². The van der Waals surface area contributed by atoms with E-state index in [4.69, 9.17) is 19.3 Å². The molecule has 0 aliphatic carbocycles. The molecule has 0 radical (unpaired) electrons. The highest BCUT2D eigenvalue weighted by atomic mass is 16.5. The zero-order valence-corrected chi connectivity index (χ0v) is 31.3. The molecule has 11 heteroatoms. The smallest absolute Gasteiger partial charge is 0.343 e. The van der Waals surface area contributed by atoms with Crippen LogP contribution in [0.15, 0.2) is 148 Å². The van der Waals surface area contributed by atoms with Gasteiger partial charge in [0.15, 0.2) is 0 Å². The molecule has 0 spiro atoms. The van der Waals surface area contributed by atoms with Crippen molar-refractivity contribution in [2.45, 2.75) is 45.2 Å². The highest BCUT2D eigenvalue weighted by molar-refractivity contribution is 6.09. The molecule has 11 nitrogen and oxygen atoms in total. The van der Waals surface area contributed by atoms with Gasteiger partial charge in [0, 0.05) is 39.0 Å². The summed E-state index contributed by atoms with van der Waals surface area (Å²) in [5, 5.41) is 29.4. The molecule has 0 saturated heterocycles. The van der Waals surface area contributed by atoms with Crippen LogP contribution in [0.4, 0.5) is 34.1 Å². The summed E-state index contributed by atoms with van der Waals surface area (Å²) in [6.45, 7) is 8.54. The normalized spacial score (nSPS) is 13.0. The molecule has 282 valence electrons. The van der Waals surface area contributed by atoms with E-state index in [9.17, 15) is 9.59 Å². The van der Waals surface area contributed by atoms with Crippen LogP contribution in [-0.2, 0) is 9.53 Å². The molecule has 0 saturated carbocycles. The van der Waals surface area contributed by atoms with E-state index in [1.165, 1.54) is 0 Å². The number of hydrogen-bond acceptors (Lipinski definition) is 11. The molecule has 0 atom stereocenters. The second-order valence-electron chi connectivity index (χ2n) is 13.8. The Bertz CT molecular complexity index is 2430. The molecule has 2 N–H and O–H groups in total. The highest BCUT2D eigenvalue weighted by Crippen LogP contribution is 2.42. The minimum atomic E-state index is -0.478. The minimum Gasteiger partial charge on any atom is -0.494 e. The van der Waals surface area contributed by atoms with Crippen LogP contribution in [0.25, 0.3) is 21.5 Å². The topological polar surface area (TPSA) is 135 Å². The van der Waals surface area contributed by atoms with E-state index in [-0.39, 0.29) is 5.66 Å². The van der Waals surface area contributed by atoms with Crippen LogP contribution in [-0.4, -0.2) is 30.8 Å². The van der Waals surface area contributed by atoms with Crippen molar-refractivity contribution in [3.63, 3.8) is 0 Å². The lowest BCUT2D eigenvalue weighted by molar-refractivity contribution is -0.137. The molecular weight excluding hydrogens is 705 g/mol. The van der Waals surface area contributed by atoms with Gasteiger partial charge in [-0.15, -0.1) is 15.3 Å². The molecule has 6 aromatic rings. The third-order valence-electron chi connectivity index (χ3n) is 9.18. The average Bonchev–Trinajstić information content (AvgIpc) is 3.21. The van der Waals surface area contributed by atoms with E-state index in [0.717, 1.165) is 76.1 Å². The predicted octanol–water partition coefficient (Wildman–Crippen LogP) is 12.3. The van der Waals surface area contributed by atoms with Gasteiger partial charge in [-0.25, -0.2) is 9.59 Å². The Morgan fingerprint density at radius 3 is 1.88 bits per heavy atom. The zero-order valence-electron chi connectivity index (χ0n) is 31.3. The first-order valence-corrected chi connectivity index (χ1v) is 18.6. The number of azo groups is 2. The standard InChI is InChI=1S/C45H42N6O5/c1-4-42(52)55-29-10-6-5-9-28-54-32-20-16-30(17-21-32)44(53)56-33-22-18-31(19-23-33)48-49-37-24-25-38(35-13-8-7-12-34(35)37)50-51-39-26-27-41-43-36(39)14-11-15-40(43)46-45(2,3)47-41/h4,7-8,11-27,46-47H,1,5-6,9-10,28-29H2,2-3H3/b49-48+,51-50+. The lowest BCUT2D eigenvalue weighted by Crippen LogP contribution is -2.41. The molecule has 6 aromatic carbocycles. The Labute approximate surface area is 325 Å². The Morgan fingerprint density at radius 1 is 0.625 bits per heavy atom. The second-order valence-corrected chi connectivity index (χ2v) is 13.8. The molecular formula is C45H42N6O5. The van der Waals surface area contributed by atoms with Crippen LogP contribution in [0.5, 0.6) is 11.5 Å². The van der Waals surface area contributed by atoms with Crippen molar-refractivity contribution >= 4 is 67.6 Å². The van der Waals surface area contributed by atoms with E-state index in [1.54, 1.807) is 48.5 Å². The molecule has 0 amide bonds. The van der Waals surface area contributed by atoms with Crippen LogP contribution in [0.3, 0.4) is 0 Å². The van der Waals surface area contributed by atoms with Crippen molar-refractivity contribution in [3.05, 3.63) is 133 Å². The lowest BCUT2D eigenvalue weighted by Gasteiger charge is -2.36. The van der Waals surface area contributed by atoms with Gasteiger partial charge < -0.3 is 24.8 Å². The summed E-state index contributed by atoms with van der Waals surface area (Å²) in [5.41, 5.74) is 5.06. The molecule has 0 aromatic heterocycles. The summed E-state index contributed by atoms with van der Waals surface area (Å²) >= 11 is 0. The molecule has 56 heavy (non-hydrogen) atoms. The number of carbonyl (C=O) groups is 2. The number of unbranched alkanes of at least 4 members (excludes halogenated alkanes) is 3. The Balaban J connectivity index is 0.943. The Kier molecular flexibility index (Phi) is 11.4. The summed E-state index contributed by atoms with van der Waals surface area (Å²) in [6, 6.07) is 35.6. The highest BCUT2D eigenvalue weighted by Gasteiger charge is 2.25. The Morgan fingerprint density at radius 2 is 1.20 bits per heavy atom. The predicted molar refractivity (Wildman–Crippen MR) is 221 cm³/mol. The van der Waals surface area contributed by atoms with Crippen LogP contribution in [0.1, 0.15) is 49.9 Å². The minimum absolute atomic E-state index is 0.261. The van der Waals surface area contributed by atoms with Crippen molar-refractivity contribution in [1.82, 2.24) is 0 Å². The number of esters is 2. The number of rotatable bonds is 15. The van der Waals surface area contributed by atoms with Gasteiger partial charge in [0.2, 0.25) is 0 Å². The number of nitrogens with zero attached hydrogens (tertiary/aromatic N) is 4. The van der Waals surface area contributed by atoms with E-state index in [0.29, 0.717) is 41.7 Å². The Hall–Kier alpha value is -6.88.